The zero-order valence-corrected chi connectivity index (χ0v) is 13.6. The molecular formula is C15H17FN2O4S. The molecule has 8 heteroatoms. The van der Waals surface area contributed by atoms with E-state index in [1.165, 1.54) is 19.2 Å². The van der Waals surface area contributed by atoms with Gasteiger partial charge in [0.25, 0.3) is 5.91 Å². The highest BCUT2D eigenvalue weighted by atomic mass is 32.2. The number of esters is 1. The minimum Gasteiger partial charge on any atom is -0.465 e. The maximum atomic E-state index is 13.3. The molecule has 6 nitrogen and oxygen atoms in total. The van der Waals surface area contributed by atoms with Crippen molar-refractivity contribution in [2.75, 3.05) is 19.1 Å². The van der Waals surface area contributed by atoms with Crippen LogP contribution in [0.1, 0.15) is 22.3 Å². The van der Waals surface area contributed by atoms with Crippen molar-refractivity contribution in [3.8, 4) is 0 Å². The highest BCUT2D eigenvalue weighted by molar-refractivity contribution is 7.98. The number of hydrogen-bond acceptors (Lipinski definition) is 5. The molecule has 1 N–H and O–H groups in total. The van der Waals surface area contributed by atoms with E-state index in [2.05, 4.69) is 10.1 Å². The van der Waals surface area contributed by atoms with Crippen LogP contribution in [0.3, 0.4) is 0 Å². The quantitative estimate of drug-likeness (QED) is 0.631. The van der Waals surface area contributed by atoms with Gasteiger partial charge in [-0.25, -0.2) is 14.0 Å². The predicted molar refractivity (Wildman–Crippen MR) is 83.6 cm³/mol. The molecule has 0 bridgehead atoms. The minimum atomic E-state index is -0.717. The molecule has 124 valence electrons. The molecule has 1 aliphatic heterocycles. The molecule has 0 aliphatic carbocycles. The molecule has 2 rings (SSSR count). The first kappa shape index (κ1) is 17.3. The summed E-state index contributed by atoms with van der Waals surface area (Å²) >= 11 is 1.58. The van der Waals surface area contributed by atoms with Gasteiger partial charge in [0, 0.05) is 0 Å². The summed E-state index contributed by atoms with van der Waals surface area (Å²) in [6, 6.07) is 2.51. The molecule has 23 heavy (non-hydrogen) atoms. The number of nitrogens with zero attached hydrogens (tertiary/aromatic N) is 1. The number of benzene rings is 1. The minimum absolute atomic E-state index is 0.000615. The van der Waals surface area contributed by atoms with Gasteiger partial charge < -0.3 is 10.1 Å². The SMILES string of the molecule is COC(=O)c1cc(F)ccc1CN1C(=O)NC(CCSC)C1=O. The Morgan fingerprint density at radius 3 is 2.83 bits per heavy atom. The Morgan fingerprint density at radius 2 is 2.17 bits per heavy atom. The van der Waals surface area contributed by atoms with E-state index in [0.717, 1.165) is 16.7 Å². The van der Waals surface area contributed by atoms with E-state index in [4.69, 9.17) is 0 Å². The van der Waals surface area contributed by atoms with Crippen LogP contribution in [-0.2, 0) is 16.1 Å². The molecule has 1 aromatic carbocycles. The van der Waals surface area contributed by atoms with Gasteiger partial charge in [-0.05, 0) is 36.1 Å². The summed E-state index contributed by atoms with van der Waals surface area (Å²) in [6.45, 7) is -0.106. The monoisotopic (exact) mass is 340 g/mol. The number of ether oxygens (including phenoxy) is 1. The van der Waals surface area contributed by atoms with Gasteiger partial charge >= 0.3 is 12.0 Å². The molecule has 1 fully saturated rings. The van der Waals surface area contributed by atoms with Crippen LogP contribution in [0.25, 0.3) is 0 Å². The molecule has 0 spiro atoms. The second-order valence-electron chi connectivity index (χ2n) is 5.00. The summed E-state index contributed by atoms with van der Waals surface area (Å²) in [5, 5.41) is 2.62. The Labute approximate surface area is 137 Å². The highest BCUT2D eigenvalue weighted by Crippen LogP contribution is 2.19. The van der Waals surface area contributed by atoms with Crippen molar-refractivity contribution >= 4 is 29.7 Å². The number of carbonyl (C=O) groups excluding carboxylic acids is 3. The topological polar surface area (TPSA) is 75.7 Å². The molecule has 1 heterocycles. The van der Waals surface area contributed by atoms with Crippen LogP contribution in [0.15, 0.2) is 18.2 Å². The van der Waals surface area contributed by atoms with Gasteiger partial charge in [0.05, 0.1) is 19.2 Å². The Balaban J connectivity index is 2.20. The predicted octanol–water partition coefficient (Wildman–Crippen LogP) is 1.79. The molecule has 1 saturated heterocycles. The Hall–Kier alpha value is -2.09. The molecule has 0 radical (unpaired) electrons. The molecule has 0 aromatic heterocycles. The number of urea groups is 1. The fourth-order valence-electron chi connectivity index (χ4n) is 2.31. The third kappa shape index (κ3) is 3.82. The standard InChI is InChI=1S/C15H17FN2O4S/c1-22-14(20)11-7-10(16)4-3-9(11)8-18-13(19)12(5-6-23-2)17-15(18)21/h3-4,7,12H,5-6,8H2,1-2H3,(H,17,21). The molecule has 1 aliphatic rings. The molecule has 1 unspecified atom stereocenters. The first-order valence-electron chi connectivity index (χ1n) is 6.95. The number of thioether (sulfide) groups is 1. The van der Waals surface area contributed by atoms with E-state index < -0.39 is 23.9 Å². The summed E-state index contributed by atoms with van der Waals surface area (Å²) in [6.07, 6.45) is 2.45. The summed E-state index contributed by atoms with van der Waals surface area (Å²) in [7, 11) is 1.18. The van der Waals surface area contributed by atoms with Crippen molar-refractivity contribution in [2.45, 2.75) is 19.0 Å². The van der Waals surface area contributed by atoms with E-state index >= 15 is 0 Å². The Kier molecular flexibility index (Phi) is 5.59. The fraction of sp³-hybridized carbons (Fsp3) is 0.400. The van der Waals surface area contributed by atoms with Crippen molar-refractivity contribution in [3.63, 3.8) is 0 Å². The highest BCUT2D eigenvalue weighted by Gasteiger charge is 2.37. The van der Waals surface area contributed by atoms with E-state index in [9.17, 15) is 18.8 Å². The Bertz CT molecular complexity index is 638. The lowest BCUT2D eigenvalue weighted by molar-refractivity contribution is -0.127. The Morgan fingerprint density at radius 1 is 1.43 bits per heavy atom. The molecular weight excluding hydrogens is 323 g/mol. The van der Waals surface area contributed by atoms with Crippen molar-refractivity contribution < 1.29 is 23.5 Å². The van der Waals surface area contributed by atoms with Crippen LogP contribution >= 0.6 is 11.8 Å². The third-order valence-corrected chi connectivity index (χ3v) is 4.17. The lowest BCUT2D eigenvalue weighted by Crippen LogP contribution is -2.31. The van der Waals surface area contributed by atoms with Crippen LogP contribution in [0, 0.1) is 5.82 Å². The van der Waals surface area contributed by atoms with Gasteiger partial charge in [-0.15, -0.1) is 0 Å². The first-order chi connectivity index (χ1) is 11.0. The van der Waals surface area contributed by atoms with E-state index in [0.29, 0.717) is 12.0 Å². The van der Waals surface area contributed by atoms with Gasteiger partial charge in [0.15, 0.2) is 0 Å². The van der Waals surface area contributed by atoms with Gasteiger partial charge in [0.2, 0.25) is 0 Å². The fourth-order valence-corrected chi connectivity index (χ4v) is 2.79. The largest absolute Gasteiger partial charge is 0.465 e. The van der Waals surface area contributed by atoms with Gasteiger partial charge in [0.1, 0.15) is 11.9 Å². The molecule has 1 atom stereocenters. The number of imide groups is 1. The van der Waals surface area contributed by atoms with E-state index in [1.54, 1.807) is 11.8 Å². The van der Waals surface area contributed by atoms with Crippen molar-refractivity contribution in [2.24, 2.45) is 0 Å². The summed E-state index contributed by atoms with van der Waals surface area (Å²) < 4.78 is 18.0. The van der Waals surface area contributed by atoms with Gasteiger partial charge in [-0.1, -0.05) is 6.07 Å². The summed E-state index contributed by atoms with van der Waals surface area (Å²) in [5.74, 6) is -0.909. The molecule has 0 saturated carbocycles. The third-order valence-electron chi connectivity index (χ3n) is 3.52. The number of hydrogen-bond donors (Lipinski definition) is 1. The van der Waals surface area contributed by atoms with Crippen LogP contribution in [0.4, 0.5) is 9.18 Å². The maximum Gasteiger partial charge on any atom is 0.338 e. The number of halogens is 1. The summed E-state index contributed by atoms with van der Waals surface area (Å²) in [4.78, 5) is 37.0. The summed E-state index contributed by atoms with van der Waals surface area (Å²) in [5.41, 5.74) is 0.355. The van der Waals surface area contributed by atoms with Crippen molar-refractivity contribution in [1.29, 1.82) is 0 Å². The molecule has 3 amide bonds. The lowest BCUT2D eigenvalue weighted by Gasteiger charge is -2.15. The maximum absolute atomic E-state index is 13.3. The van der Waals surface area contributed by atoms with Gasteiger partial charge in [-0.2, -0.15) is 11.8 Å². The number of methoxy groups -OCH3 is 1. The van der Waals surface area contributed by atoms with Crippen molar-refractivity contribution in [3.05, 3.63) is 35.1 Å². The second kappa shape index (κ2) is 7.45. The molecule has 1 aromatic rings. The average Bonchev–Trinajstić information content (AvgIpc) is 2.81. The van der Waals surface area contributed by atoms with Crippen LogP contribution in [-0.4, -0.2) is 48.0 Å². The average molecular weight is 340 g/mol. The number of rotatable bonds is 6. The van der Waals surface area contributed by atoms with Crippen LogP contribution < -0.4 is 5.32 Å². The van der Waals surface area contributed by atoms with Crippen LogP contribution in [0.5, 0.6) is 0 Å². The number of nitrogens with one attached hydrogen (secondary N) is 1. The first-order valence-corrected chi connectivity index (χ1v) is 8.35. The van der Waals surface area contributed by atoms with Crippen LogP contribution in [0.2, 0.25) is 0 Å². The van der Waals surface area contributed by atoms with Gasteiger partial charge in [-0.3, -0.25) is 9.69 Å². The second-order valence-corrected chi connectivity index (χ2v) is 5.99. The van der Waals surface area contributed by atoms with Crippen molar-refractivity contribution in [1.82, 2.24) is 10.2 Å². The zero-order valence-electron chi connectivity index (χ0n) is 12.8. The lowest BCUT2D eigenvalue weighted by atomic mass is 10.1. The number of amides is 3. The van der Waals surface area contributed by atoms with E-state index in [-0.39, 0.29) is 18.0 Å². The van der Waals surface area contributed by atoms with E-state index in [1.807, 2.05) is 6.26 Å². The zero-order chi connectivity index (χ0) is 17.0. The normalized spacial score (nSPS) is 17.3. The smallest absolute Gasteiger partial charge is 0.338 e. The number of carbonyl (C=O) groups is 3.